The highest BCUT2D eigenvalue weighted by atomic mass is 35.5. The molecule has 7 nitrogen and oxygen atoms in total. The average Bonchev–Trinajstić information content (AvgIpc) is 3.21. The number of thioether (sulfide) groups is 1. The Morgan fingerprint density at radius 1 is 1.22 bits per heavy atom. The first kappa shape index (κ1) is 22.1. The molecule has 1 atom stereocenters. The van der Waals surface area contributed by atoms with Gasteiger partial charge >= 0.3 is 0 Å². The second-order valence-electron chi connectivity index (χ2n) is 7.31. The molecule has 0 aliphatic heterocycles. The number of hydrogen-bond donors (Lipinski definition) is 2. The number of nitrogens with one attached hydrogen (secondary N) is 2. The molecule has 2 N–H and O–H groups in total. The van der Waals surface area contributed by atoms with Gasteiger partial charge in [-0.05, 0) is 49.6 Å². The summed E-state index contributed by atoms with van der Waals surface area (Å²) in [4.78, 5) is 33.7. The number of carbonyl (C=O) groups excluding carboxylic acids is 1. The molecular formula is C23H22ClN5O2S. The number of hydrogen-bond acceptors (Lipinski definition) is 5. The lowest BCUT2D eigenvalue weighted by molar-refractivity contribution is 0.0926. The molecule has 0 fully saturated rings. The molecule has 9 heteroatoms. The number of fused-ring (bicyclic) bond motifs is 1. The van der Waals surface area contributed by atoms with Crippen molar-refractivity contribution in [3.63, 3.8) is 0 Å². The lowest BCUT2D eigenvalue weighted by Gasteiger charge is -2.17. The molecule has 4 aromatic rings. The fourth-order valence-corrected chi connectivity index (χ4v) is 4.14. The number of H-pyrrole nitrogens is 1. The maximum absolute atomic E-state index is 13.1. The van der Waals surface area contributed by atoms with Crippen molar-refractivity contribution in [2.75, 3.05) is 12.0 Å². The summed E-state index contributed by atoms with van der Waals surface area (Å²) in [6.45, 7) is 1.75. The van der Waals surface area contributed by atoms with Crippen LogP contribution in [0.25, 0.3) is 16.7 Å². The van der Waals surface area contributed by atoms with Crippen molar-refractivity contribution in [1.82, 2.24) is 25.1 Å². The minimum atomic E-state index is -0.553. The molecular weight excluding hydrogens is 446 g/mol. The Balaban J connectivity index is 1.68. The van der Waals surface area contributed by atoms with Gasteiger partial charge in [0.2, 0.25) is 5.43 Å². The molecule has 2 aromatic heterocycles. The number of amides is 1. The van der Waals surface area contributed by atoms with Crippen LogP contribution in [0.5, 0.6) is 0 Å². The van der Waals surface area contributed by atoms with E-state index in [1.54, 1.807) is 36.9 Å². The van der Waals surface area contributed by atoms with E-state index < -0.39 is 17.4 Å². The van der Waals surface area contributed by atoms with Crippen LogP contribution < -0.4 is 10.7 Å². The summed E-state index contributed by atoms with van der Waals surface area (Å²) in [6.07, 6.45) is 2.65. The topological polar surface area (TPSA) is 92.7 Å². The van der Waals surface area contributed by atoms with E-state index in [-0.39, 0.29) is 5.69 Å². The van der Waals surface area contributed by atoms with E-state index in [0.29, 0.717) is 28.6 Å². The average molecular weight is 468 g/mol. The summed E-state index contributed by atoms with van der Waals surface area (Å²) in [5.74, 6) is 0.905. The zero-order valence-electron chi connectivity index (χ0n) is 17.6. The van der Waals surface area contributed by atoms with Crippen molar-refractivity contribution in [2.45, 2.75) is 19.4 Å². The molecule has 32 heavy (non-hydrogen) atoms. The van der Waals surface area contributed by atoms with Gasteiger partial charge < -0.3 is 10.3 Å². The maximum Gasteiger partial charge on any atom is 0.276 e. The Hall–Kier alpha value is -3.10. The first-order valence-electron chi connectivity index (χ1n) is 10.1. The number of aromatic amines is 1. The zero-order chi connectivity index (χ0) is 22.7. The van der Waals surface area contributed by atoms with Crippen molar-refractivity contribution in [3.05, 3.63) is 87.1 Å². The SMILES string of the molecule is CSCC[C@H](NC(=O)c1nn(-c2ccccc2Cl)c(C)cc1=O)c1nc2ccccc2[nH]1. The van der Waals surface area contributed by atoms with Gasteiger partial charge in [-0.25, -0.2) is 9.67 Å². The van der Waals surface area contributed by atoms with Gasteiger partial charge in [0, 0.05) is 11.8 Å². The molecule has 164 valence electrons. The fourth-order valence-electron chi connectivity index (χ4n) is 3.45. The summed E-state index contributed by atoms with van der Waals surface area (Å²) in [5, 5.41) is 7.76. The van der Waals surface area contributed by atoms with Crippen LogP contribution in [0.15, 0.2) is 59.4 Å². The Morgan fingerprint density at radius 3 is 2.72 bits per heavy atom. The highest BCUT2D eigenvalue weighted by Crippen LogP contribution is 2.22. The van der Waals surface area contributed by atoms with Gasteiger partial charge in [0.15, 0.2) is 5.69 Å². The molecule has 0 unspecified atom stereocenters. The number of imidazole rings is 1. The van der Waals surface area contributed by atoms with Crippen LogP contribution in [0.4, 0.5) is 0 Å². The first-order chi connectivity index (χ1) is 15.5. The summed E-state index contributed by atoms with van der Waals surface area (Å²) in [5.41, 5.74) is 2.24. The van der Waals surface area contributed by atoms with Crippen molar-refractivity contribution >= 4 is 40.3 Å². The third-order valence-electron chi connectivity index (χ3n) is 5.06. The van der Waals surface area contributed by atoms with Crippen molar-refractivity contribution in [2.24, 2.45) is 0 Å². The first-order valence-corrected chi connectivity index (χ1v) is 11.9. The van der Waals surface area contributed by atoms with E-state index in [4.69, 9.17) is 11.6 Å². The number of rotatable bonds is 7. The number of nitrogens with zero attached hydrogens (tertiary/aromatic N) is 3. The lowest BCUT2D eigenvalue weighted by Crippen LogP contribution is -2.35. The molecule has 0 aliphatic carbocycles. The Morgan fingerprint density at radius 2 is 1.97 bits per heavy atom. The molecule has 0 spiro atoms. The molecule has 0 radical (unpaired) electrons. The normalized spacial score (nSPS) is 12.1. The summed E-state index contributed by atoms with van der Waals surface area (Å²) in [6, 6.07) is 15.8. The number of carbonyl (C=O) groups is 1. The van der Waals surface area contributed by atoms with E-state index >= 15 is 0 Å². The number of para-hydroxylation sites is 3. The molecule has 2 aromatic carbocycles. The van der Waals surface area contributed by atoms with Gasteiger partial charge in [-0.1, -0.05) is 35.9 Å². The third kappa shape index (κ3) is 4.56. The van der Waals surface area contributed by atoms with Gasteiger partial charge in [0.25, 0.3) is 5.91 Å². The Labute approximate surface area is 194 Å². The van der Waals surface area contributed by atoms with E-state index in [0.717, 1.165) is 16.8 Å². The molecule has 1 amide bonds. The molecule has 0 aliphatic rings. The minimum Gasteiger partial charge on any atom is -0.341 e. The van der Waals surface area contributed by atoms with Gasteiger partial charge in [0.1, 0.15) is 5.82 Å². The van der Waals surface area contributed by atoms with Crippen molar-refractivity contribution in [3.8, 4) is 5.69 Å². The van der Waals surface area contributed by atoms with Gasteiger partial charge in [-0.3, -0.25) is 9.59 Å². The predicted molar refractivity (Wildman–Crippen MR) is 129 cm³/mol. The summed E-state index contributed by atoms with van der Waals surface area (Å²) >= 11 is 7.98. The minimum absolute atomic E-state index is 0.194. The smallest absolute Gasteiger partial charge is 0.276 e. The third-order valence-corrected chi connectivity index (χ3v) is 6.02. The van der Waals surface area contributed by atoms with Crippen LogP contribution in [0.1, 0.15) is 34.5 Å². The van der Waals surface area contributed by atoms with Crippen LogP contribution in [0.2, 0.25) is 5.02 Å². The number of halogens is 1. The van der Waals surface area contributed by atoms with Gasteiger partial charge in [-0.2, -0.15) is 16.9 Å². The van der Waals surface area contributed by atoms with E-state index in [1.165, 1.54) is 10.7 Å². The summed E-state index contributed by atoms with van der Waals surface area (Å²) in [7, 11) is 0. The zero-order valence-corrected chi connectivity index (χ0v) is 19.2. The molecule has 4 rings (SSSR count). The van der Waals surface area contributed by atoms with E-state index in [1.807, 2.05) is 36.6 Å². The number of benzene rings is 2. The molecule has 0 saturated heterocycles. The fraction of sp³-hybridized carbons (Fsp3) is 0.217. The molecule has 0 bridgehead atoms. The Bertz CT molecular complexity index is 1300. The second kappa shape index (κ2) is 9.58. The van der Waals surface area contributed by atoms with Crippen LogP contribution in [0, 0.1) is 6.92 Å². The van der Waals surface area contributed by atoms with Crippen LogP contribution >= 0.6 is 23.4 Å². The van der Waals surface area contributed by atoms with Gasteiger partial charge in [0.05, 0.1) is 27.8 Å². The molecule has 2 heterocycles. The second-order valence-corrected chi connectivity index (χ2v) is 8.70. The number of aromatic nitrogens is 4. The number of aryl methyl sites for hydroxylation is 1. The van der Waals surface area contributed by atoms with Crippen molar-refractivity contribution < 1.29 is 4.79 Å². The highest BCUT2D eigenvalue weighted by molar-refractivity contribution is 7.98. The standard InChI is InChI=1S/C23H22ClN5O2S/c1-14-13-20(30)21(28-29(14)19-10-6-3-7-15(19)24)23(31)27-18(11-12-32-2)22-25-16-8-4-5-9-17(16)26-22/h3-10,13,18H,11-12H2,1-2H3,(H,25,26)(H,27,31)/t18-/m0/s1. The van der Waals surface area contributed by atoms with E-state index in [2.05, 4.69) is 20.4 Å². The summed E-state index contributed by atoms with van der Waals surface area (Å²) < 4.78 is 1.51. The monoisotopic (exact) mass is 467 g/mol. The quantitative estimate of drug-likeness (QED) is 0.423. The van der Waals surface area contributed by atoms with Crippen LogP contribution in [0.3, 0.4) is 0 Å². The lowest BCUT2D eigenvalue weighted by atomic mass is 10.2. The Kier molecular flexibility index (Phi) is 6.62. The van der Waals surface area contributed by atoms with Crippen LogP contribution in [-0.2, 0) is 0 Å². The largest absolute Gasteiger partial charge is 0.341 e. The van der Waals surface area contributed by atoms with Crippen molar-refractivity contribution in [1.29, 1.82) is 0 Å². The van der Waals surface area contributed by atoms with E-state index in [9.17, 15) is 9.59 Å². The van der Waals surface area contributed by atoms with Gasteiger partial charge in [-0.15, -0.1) is 0 Å². The van der Waals surface area contributed by atoms with Crippen LogP contribution in [-0.4, -0.2) is 37.7 Å². The molecule has 0 saturated carbocycles. The maximum atomic E-state index is 13.1. The highest BCUT2D eigenvalue weighted by Gasteiger charge is 2.22. The predicted octanol–water partition coefficient (Wildman–Crippen LogP) is 4.29.